The molecule has 19 heavy (non-hydrogen) atoms. The van der Waals surface area contributed by atoms with Crippen LogP contribution in [0.15, 0.2) is 29.3 Å². The number of ether oxygens (including phenoxy) is 1. The molecule has 0 aliphatic heterocycles. The second-order valence-electron chi connectivity index (χ2n) is 4.58. The van der Waals surface area contributed by atoms with Crippen LogP contribution in [0.2, 0.25) is 0 Å². The standard InChI is InChI=1S/C14H22FN3O/c1-11(2)18-14(16)17-9-3-4-10-19-13-7-5-12(15)6-8-13/h5-8,11H,3-4,9-10H2,1-2H3,(H3,16,17,18). The van der Waals surface area contributed by atoms with E-state index in [0.29, 0.717) is 30.9 Å². The molecule has 0 aromatic heterocycles. The van der Waals surface area contributed by atoms with Gasteiger partial charge in [-0.05, 0) is 51.0 Å². The fraction of sp³-hybridized carbons (Fsp3) is 0.500. The lowest BCUT2D eigenvalue weighted by Crippen LogP contribution is -2.36. The molecule has 3 N–H and O–H groups in total. The molecular formula is C14H22FN3O. The SMILES string of the molecule is CC(C)NC(N)=NCCCCOc1ccc(F)cc1. The Morgan fingerprint density at radius 3 is 2.63 bits per heavy atom. The minimum Gasteiger partial charge on any atom is -0.494 e. The third kappa shape index (κ3) is 7.28. The summed E-state index contributed by atoms with van der Waals surface area (Å²) < 4.78 is 18.1. The lowest BCUT2D eigenvalue weighted by atomic mass is 10.3. The van der Waals surface area contributed by atoms with Crippen molar-refractivity contribution in [1.82, 2.24) is 5.32 Å². The van der Waals surface area contributed by atoms with E-state index in [-0.39, 0.29) is 5.82 Å². The van der Waals surface area contributed by atoms with Crippen LogP contribution in [-0.4, -0.2) is 25.2 Å². The number of benzene rings is 1. The Bertz CT molecular complexity index is 390. The maximum absolute atomic E-state index is 12.7. The van der Waals surface area contributed by atoms with Gasteiger partial charge in [0.05, 0.1) is 6.61 Å². The van der Waals surface area contributed by atoms with Crippen molar-refractivity contribution in [1.29, 1.82) is 0 Å². The van der Waals surface area contributed by atoms with Crippen molar-refractivity contribution >= 4 is 5.96 Å². The number of halogens is 1. The number of nitrogens with one attached hydrogen (secondary N) is 1. The Kier molecular flexibility index (Phi) is 6.71. The number of aliphatic imine (C=N–C) groups is 1. The van der Waals surface area contributed by atoms with Gasteiger partial charge in [-0.3, -0.25) is 4.99 Å². The Hall–Kier alpha value is -1.78. The number of rotatable bonds is 7. The first-order valence-electron chi connectivity index (χ1n) is 6.53. The maximum atomic E-state index is 12.7. The van der Waals surface area contributed by atoms with E-state index in [1.54, 1.807) is 12.1 Å². The predicted octanol–water partition coefficient (Wildman–Crippen LogP) is 2.30. The van der Waals surface area contributed by atoms with Gasteiger partial charge in [0.1, 0.15) is 11.6 Å². The molecule has 1 aromatic carbocycles. The quantitative estimate of drug-likeness (QED) is 0.453. The Morgan fingerprint density at radius 1 is 1.32 bits per heavy atom. The van der Waals surface area contributed by atoms with Gasteiger partial charge in [0.2, 0.25) is 0 Å². The smallest absolute Gasteiger partial charge is 0.188 e. The van der Waals surface area contributed by atoms with Gasteiger partial charge in [-0.1, -0.05) is 0 Å². The molecular weight excluding hydrogens is 245 g/mol. The van der Waals surface area contributed by atoms with Crippen LogP contribution in [0, 0.1) is 5.82 Å². The minimum absolute atomic E-state index is 0.255. The van der Waals surface area contributed by atoms with Gasteiger partial charge >= 0.3 is 0 Å². The Balaban J connectivity index is 2.10. The van der Waals surface area contributed by atoms with Crippen LogP contribution in [0.3, 0.4) is 0 Å². The summed E-state index contributed by atoms with van der Waals surface area (Å²) in [5, 5.41) is 3.03. The van der Waals surface area contributed by atoms with E-state index in [1.165, 1.54) is 12.1 Å². The molecule has 106 valence electrons. The number of unbranched alkanes of at least 4 members (excludes halogenated alkanes) is 1. The molecule has 0 spiro atoms. The molecule has 0 saturated heterocycles. The molecule has 0 fully saturated rings. The number of nitrogens with zero attached hydrogens (tertiary/aromatic N) is 1. The highest BCUT2D eigenvalue weighted by Crippen LogP contribution is 2.11. The van der Waals surface area contributed by atoms with Gasteiger partial charge in [0.25, 0.3) is 0 Å². The van der Waals surface area contributed by atoms with Crippen LogP contribution in [0.25, 0.3) is 0 Å². The minimum atomic E-state index is -0.255. The normalized spacial score (nSPS) is 11.7. The fourth-order valence-electron chi connectivity index (χ4n) is 1.48. The first-order chi connectivity index (χ1) is 9.08. The summed E-state index contributed by atoms with van der Waals surface area (Å²) in [6.45, 7) is 5.30. The molecule has 0 atom stereocenters. The number of hydrogen-bond acceptors (Lipinski definition) is 2. The van der Waals surface area contributed by atoms with E-state index < -0.39 is 0 Å². The molecule has 5 heteroatoms. The van der Waals surface area contributed by atoms with Crippen LogP contribution in [0.1, 0.15) is 26.7 Å². The van der Waals surface area contributed by atoms with Gasteiger partial charge in [-0.25, -0.2) is 4.39 Å². The molecule has 4 nitrogen and oxygen atoms in total. The number of guanidine groups is 1. The van der Waals surface area contributed by atoms with Crippen LogP contribution in [0.4, 0.5) is 4.39 Å². The van der Waals surface area contributed by atoms with Gasteiger partial charge in [0.15, 0.2) is 5.96 Å². The van der Waals surface area contributed by atoms with E-state index in [0.717, 1.165) is 12.8 Å². The first-order valence-corrected chi connectivity index (χ1v) is 6.53. The van der Waals surface area contributed by atoms with E-state index in [4.69, 9.17) is 10.5 Å². The van der Waals surface area contributed by atoms with Gasteiger partial charge < -0.3 is 15.8 Å². The zero-order valence-electron chi connectivity index (χ0n) is 11.5. The van der Waals surface area contributed by atoms with E-state index in [9.17, 15) is 4.39 Å². The van der Waals surface area contributed by atoms with E-state index in [2.05, 4.69) is 10.3 Å². The second kappa shape index (κ2) is 8.34. The summed E-state index contributed by atoms with van der Waals surface area (Å²) in [7, 11) is 0. The predicted molar refractivity (Wildman–Crippen MR) is 75.9 cm³/mol. The van der Waals surface area contributed by atoms with E-state index >= 15 is 0 Å². The average Bonchev–Trinajstić information content (AvgIpc) is 2.35. The zero-order chi connectivity index (χ0) is 14.1. The summed E-state index contributed by atoms with van der Waals surface area (Å²) in [6, 6.07) is 6.32. The van der Waals surface area contributed by atoms with Crippen molar-refractivity contribution in [2.75, 3.05) is 13.2 Å². The topological polar surface area (TPSA) is 59.6 Å². The Labute approximate surface area is 113 Å². The van der Waals surface area contributed by atoms with Crippen LogP contribution in [-0.2, 0) is 0 Å². The fourth-order valence-corrected chi connectivity index (χ4v) is 1.48. The molecule has 0 aliphatic carbocycles. The molecule has 0 bridgehead atoms. The summed E-state index contributed by atoms with van der Waals surface area (Å²) in [5.41, 5.74) is 5.67. The molecule has 0 saturated carbocycles. The molecule has 0 radical (unpaired) electrons. The van der Waals surface area contributed by atoms with Crippen molar-refractivity contribution in [2.45, 2.75) is 32.7 Å². The Morgan fingerprint density at radius 2 is 2.00 bits per heavy atom. The van der Waals surface area contributed by atoms with Crippen molar-refractivity contribution in [2.24, 2.45) is 10.7 Å². The largest absolute Gasteiger partial charge is 0.494 e. The maximum Gasteiger partial charge on any atom is 0.188 e. The molecule has 0 heterocycles. The highest BCUT2D eigenvalue weighted by Gasteiger charge is 1.96. The van der Waals surface area contributed by atoms with Crippen molar-refractivity contribution in [3.63, 3.8) is 0 Å². The molecule has 1 rings (SSSR count). The summed E-state index contributed by atoms with van der Waals surface area (Å²) in [5.74, 6) is 0.912. The molecule has 0 amide bonds. The third-order valence-electron chi connectivity index (χ3n) is 2.35. The summed E-state index contributed by atoms with van der Waals surface area (Å²) in [4.78, 5) is 4.20. The first kappa shape index (κ1) is 15.3. The van der Waals surface area contributed by atoms with Gasteiger partial charge in [-0.15, -0.1) is 0 Å². The average molecular weight is 267 g/mol. The monoisotopic (exact) mass is 267 g/mol. The van der Waals surface area contributed by atoms with Crippen LogP contribution in [0.5, 0.6) is 5.75 Å². The van der Waals surface area contributed by atoms with Gasteiger partial charge in [0, 0.05) is 12.6 Å². The molecule has 0 unspecified atom stereocenters. The van der Waals surface area contributed by atoms with Crippen LogP contribution >= 0.6 is 0 Å². The lowest BCUT2D eigenvalue weighted by molar-refractivity contribution is 0.307. The highest BCUT2D eigenvalue weighted by molar-refractivity contribution is 5.77. The second-order valence-corrected chi connectivity index (χ2v) is 4.58. The zero-order valence-corrected chi connectivity index (χ0v) is 11.5. The summed E-state index contributed by atoms with van der Waals surface area (Å²) in [6.07, 6.45) is 1.79. The van der Waals surface area contributed by atoms with Crippen LogP contribution < -0.4 is 15.8 Å². The van der Waals surface area contributed by atoms with Gasteiger partial charge in [-0.2, -0.15) is 0 Å². The number of hydrogen-bond donors (Lipinski definition) is 2. The lowest BCUT2D eigenvalue weighted by Gasteiger charge is -2.08. The van der Waals surface area contributed by atoms with E-state index in [1.807, 2.05) is 13.8 Å². The third-order valence-corrected chi connectivity index (χ3v) is 2.35. The highest BCUT2D eigenvalue weighted by atomic mass is 19.1. The molecule has 0 aliphatic rings. The summed E-state index contributed by atoms with van der Waals surface area (Å²) >= 11 is 0. The number of nitrogens with two attached hydrogens (primary N) is 1. The van der Waals surface area contributed by atoms with Crippen molar-refractivity contribution in [3.8, 4) is 5.75 Å². The molecule has 1 aromatic rings. The van der Waals surface area contributed by atoms with Crippen molar-refractivity contribution < 1.29 is 9.13 Å². The van der Waals surface area contributed by atoms with Crippen molar-refractivity contribution in [3.05, 3.63) is 30.1 Å².